The molecule has 2 aromatic heterocycles. The lowest BCUT2D eigenvalue weighted by Crippen LogP contribution is -2.24. The molecule has 0 saturated carbocycles. The van der Waals surface area contributed by atoms with E-state index in [1.807, 2.05) is 0 Å². The molecule has 9 heteroatoms. The minimum absolute atomic E-state index is 0.0460. The number of carbonyl (C=O) groups is 1. The average Bonchev–Trinajstić information content (AvgIpc) is 2.89. The second-order valence-corrected chi connectivity index (χ2v) is 4.26. The van der Waals surface area contributed by atoms with Crippen LogP contribution in [0.5, 0.6) is 0 Å². The lowest BCUT2D eigenvalue weighted by Gasteiger charge is -2.06. The molecule has 0 radical (unpaired) electrons. The van der Waals surface area contributed by atoms with Crippen LogP contribution in [-0.2, 0) is 13.6 Å². The molecule has 9 nitrogen and oxygen atoms in total. The van der Waals surface area contributed by atoms with Gasteiger partial charge >= 0.3 is 0 Å². The molecule has 110 valence electrons. The Bertz CT molecular complexity index is 681. The number of aryl methyl sites for hydroxylation is 1. The van der Waals surface area contributed by atoms with Crippen molar-refractivity contribution in [1.82, 2.24) is 20.1 Å². The third-order valence-corrected chi connectivity index (χ3v) is 2.78. The Kier molecular flexibility index (Phi) is 4.12. The van der Waals surface area contributed by atoms with E-state index < -0.39 is 10.8 Å². The Morgan fingerprint density at radius 3 is 2.86 bits per heavy atom. The molecule has 0 spiro atoms. The van der Waals surface area contributed by atoms with E-state index in [4.69, 9.17) is 0 Å². The van der Waals surface area contributed by atoms with Crippen LogP contribution >= 0.6 is 0 Å². The maximum Gasteiger partial charge on any atom is 0.300 e. The van der Waals surface area contributed by atoms with E-state index in [0.29, 0.717) is 11.5 Å². The fourth-order valence-electron chi connectivity index (χ4n) is 1.74. The van der Waals surface area contributed by atoms with Gasteiger partial charge in [-0.15, -0.1) is 0 Å². The highest BCUT2D eigenvalue weighted by molar-refractivity contribution is 5.98. The Hall–Kier alpha value is -2.97. The zero-order chi connectivity index (χ0) is 15.4. The number of aromatic nitrogens is 3. The summed E-state index contributed by atoms with van der Waals surface area (Å²) in [7, 11) is 3.38. The number of hydrogen-bond donors (Lipinski definition) is 2. The molecule has 0 aromatic carbocycles. The molecule has 0 unspecified atom stereocenters. The largest absolute Gasteiger partial charge is 0.373 e. The molecule has 2 rings (SSSR count). The first-order valence-corrected chi connectivity index (χ1v) is 6.10. The summed E-state index contributed by atoms with van der Waals surface area (Å²) < 4.78 is 1.61. The first kappa shape index (κ1) is 14.4. The third kappa shape index (κ3) is 3.32. The normalized spacial score (nSPS) is 10.2. The predicted octanol–water partition coefficient (Wildman–Crippen LogP) is 0.695. The molecule has 2 N–H and O–H groups in total. The molecule has 21 heavy (non-hydrogen) atoms. The average molecular weight is 290 g/mol. The maximum absolute atomic E-state index is 12.1. The number of anilines is 1. The molecule has 0 atom stereocenters. The van der Waals surface area contributed by atoms with Gasteiger partial charge in [0.05, 0.1) is 17.2 Å². The van der Waals surface area contributed by atoms with Crippen LogP contribution in [0.25, 0.3) is 0 Å². The molecule has 2 aromatic rings. The standard InChI is InChI=1S/C12H14N6O3/c1-13-11-5-9(10(7-14-11)18(20)21)12(19)15-6-8-3-4-17(2)16-8/h3-5,7H,6H2,1-2H3,(H,13,14)(H,15,19). The lowest BCUT2D eigenvalue weighted by atomic mass is 10.2. The first-order valence-electron chi connectivity index (χ1n) is 6.10. The maximum atomic E-state index is 12.1. The van der Waals surface area contributed by atoms with Crippen LogP contribution in [-0.4, -0.2) is 32.6 Å². The molecule has 0 aliphatic heterocycles. The van der Waals surface area contributed by atoms with E-state index in [0.717, 1.165) is 6.20 Å². The van der Waals surface area contributed by atoms with Crippen molar-refractivity contribution in [3.8, 4) is 0 Å². The summed E-state index contributed by atoms with van der Waals surface area (Å²) in [5, 5.41) is 20.4. The van der Waals surface area contributed by atoms with Gasteiger partial charge in [0.1, 0.15) is 17.6 Å². The summed E-state index contributed by atoms with van der Waals surface area (Å²) >= 11 is 0. The van der Waals surface area contributed by atoms with E-state index in [9.17, 15) is 14.9 Å². The number of nitrogens with zero attached hydrogens (tertiary/aromatic N) is 4. The molecule has 2 heterocycles. The Labute approximate surface area is 120 Å². The number of hydrogen-bond acceptors (Lipinski definition) is 6. The number of pyridine rings is 1. The summed E-state index contributed by atoms with van der Waals surface area (Å²) in [4.78, 5) is 26.3. The minimum atomic E-state index is -0.637. The quantitative estimate of drug-likeness (QED) is 0.618. The number of carbonyl (C=O) groups excluding carboxylic acids is 1. The first-order chi connectivity index (χ1) is 10.0. The lowest BCUT2D eigenvalue weighted by molar-refractivity contribution is -0.385. The Morgan fingerprint density at radius 1 is 1.52 bits per heavy atom. The van der Waals surface area contributed by atoms with E-state index in [1.54, 1.807) is 31.0 Å². The van der Waals surface area contributed by atoms with Crippen molar-refractivity contribution in [2.24, 2.45) is 7.05 Å². The van der Waals surface area contributed by atoms with E-state index in [2.05, 4.69) is 20.7 Å². The van der Waals surface area contributed by atoms with Gasteiger partial charge in [-0.05, 0) is 6.07 Å². The van der Waals surface area contributed by atoms with E-state index >= 15 is 0 Å². The minimum Gasteiger partial charge on any atom is -0.373 e. The number of amides is 1. The van der Waals surface area contributed by atoms with Gasteiger partial charge in [-0.1, -0.05) is 0 Å². The van der Waals surface area contributed by atoms with E-state index in [-0.39, 0.29) is 17.8 Å². The van der Waals surface area contributed by atoms with Crippen LogP contribution in [0.1, 0.15) is 16.1 Å². The van der Waals surface area contributed by atoms with Crippen molar-refractivity contribution in [3.05, 3.63) is 45.9 Å². The molecular formula is C12H14N6O3. The highest BCUT2D eigenvalue weighted by Gasteiger charge is 2.21. The number of nitro groups is 1. The van der Waals surface area contributed by atoms with Crippen LogP contribution in [0.3, 0.4) is 0 Å². The molecule has 0 aliphatic rings. The van der Waals surface area contributed by atoms with Gasteiger partial charge < -0.3 is 10.6 Å². The summed E-state index contributed by atoms with van der Waals surface area (Å²) in [6.07, 6.45) is 2.80. The fraction of sp³-hybridized carbons (Fsp3) is 0.250. The van der Waals surface area contributed by atoms with Gasteiger partial charge in [0.2, 0.25) is 0 Å². The molecular weight excluding hydrogens is 276 g/mol. The van der Waals surface area contributed by atoms with E-state index in [1.165, 1.54) is 6.07 Å². The number of nitrogens with one attached hydrogen (secondary N) is 2. The van der Waals surface area contributed by atoms with Crippen molar-refractivity contribution in [1.29, 1.82) is 0 Å². The van der Waals surface area contributed by atoms with Gasteiger partial charge in [-0.3, -0.25) is 19.6 Å². The number of rotatable bonds is 5. The molecule has 0 fully saturated rings. The van der Waals surface area contributed by atoms with Crippen molar-refractivity contribution in [2.75, 3.05) is 12.4 Å². The second-order valence-electron chi connectivity index (χ2n) is 4.26. The molecule has 0 aliphatic carbocycles. The van der Waals surface area contributed by atoms with Crippen LogP contribution in [0.2, 0.25) is 0 Å². The zero-order valence-corrected chi connectivity index (χ0v) is 11.5. The Balaban J connectivity index is 2.19. The predicted molar refractivity (Wildman–Crippen MR) is 74.8 cm³/mol. The highest BCUT2D eigenvalue weighted by Crippen LogP contribution is 2.20. The van der Waals surface area contributed by atoms with Crippen molar-refractivity contribution in [2.45, 2.75) is 6.54 Å². The summed E-state index contributed by atoms with van der Waals surface area (Å²) in [6, 6.07) is 3.09. The SMILES string of the molecule is CNc1cc(C(=O)NCc2ccn(C)n2)c([N+](=O)[O-])cn1. The smallest absolute Gasteiger partial charge is 0.300 e. The summed E-state index contributed by atoms with van der Waals surface area (Å²) in [6.45, 7) is 0.189. The summed E-state index contributed by atoms with van der Waals surface area (Å²) in [5.41, 5.74) is 0.277. The van der Waals surface area contributed by atoms with Crippen LogP contribution in [0.4, 0.5) is 11.5 Å². The third-order valence-electron chi connectivity index (χ3n) is 2.78. The van der Waals surface area contributed by atoms with Gasteiger partial charge in [-0.25, -0.2) is 4.98 Å². The van der Waals surface area contributed by atoms with Gasteiger partial charge in [-0.2, -0.15) is 5.10 Å². The van der Waals surface area contributed by atoms with Crippen LogP contribution in [0, 0.1) is 10.1 Å². The van der Waals surface area contributed by atoms with Crippen molar-refractivity contribution in [3.63, 3.8) is 0 Å². The topological polar surface area (TPSA) is 115 Å². The van der Waals surface area contributed by atoms with Gasteiger partial charge in [0, 0.05) is 26.4 Å². The fourth-order valence-corrected chi connectivity index (χ4v) is 1.74. The van der Waals surface area contributed by atoms with Crippen molar-refractivity contribution >= 4 is 17.4 Å². The van der Waals surface area contributed by atoms with Gasteiger partial charge in [0.15, 0.2) is 0 Å². The summed E-state index contributed by atoms with van der Waals surface area (Å²) in [5.74, 6) is -0.171. The monoisotopic (exact) mass is 290 g/mol. The second kappa shape index (κ2) is 5.99. The highest BCUT2D eigenvalue weighted by atomic mass is 16.6. The molecule has 1 amide bonds. The van der Waals surface area contributed by atoms with Gasteiger partial charge in [0.25, 0.3) is 11.6 Å². The molecule has 0 saturated heterocycles. The van der Waals surface area contributed by atoms with Crippen molar-refractivity contribution < 1.29 is 9.72 Å². The molecule has 0 bridgehead atoms. The van der Waals surface area contributed by atoms with Crippen LogP contribution in [0.15, 0.2) is 24.5 Å². The van der Waals surface area contributed by atoms with Crippen LogP contribution < -0.4 is 10.6 Å². The Morgan fingerprint density at radius 2 is 2.29 bits per heavy atom. The zero-order valence-electron chi connectivity index (χ0n) is 11.5.